The van der Waals surface area contributed by atoms with Gasteiger partial charge in [0.05, 0.1) is 12.6 Å². The maximum atomic E-state index is 13.5. The first kappa shape index (κ1) is 25.1. The number of carboxylic acid groups (broad SMARTS) is 1. The lowest BCUT2D eigenvalue weighted by Crippen LogP contribution is -2.29. The van der Waals surface area contributed by atoms with E-state index in [0.717, 1.165) is 5.57 Å². The second-order valence-corrected chi connectivity index (χ2v) is 8.65. The highest BCUT2D eigenvalue weighted by molar-refractivity contribution is 6.30. The number of aliphatic carboxylic acids is 1. The van der Waals surface area contributed by atoms with E-state index in [9.17, 15) is 19.5 Å². The van der Waals surface area contributed by atoms with Gasteiger partial charge >= 0.3 is 11.9 Å². The van der Waals surface area contributed by atoms with Gasteiger partial charge in [-0.25, -0.2) is 4.79 Å². The van der Waals surface area contributed by atoms with E-state index >= 15 is 0 Å². The van der Waals surface area contributed by atoms with Crippen molar-refractivity contribution in [3.05, 3.63) is 76.0 Å². The molecule has 0 aliphatic carbocycles. The van der Waals surface area contributed by atoms with Gasteiger partial charge in [0.2, 0.25) is 0 Å². The molecule has 0 spiro atoms. The van der Waals surface area contributed by atoms with E-state index in [-0.39, 0.29) is 5.91 Å². The average molecular weight is 484 g/mol. The standard InChI is InChI=1S/C26H26ClNO6/c1-14(2)12-22(29)34-16(4)24(26(31)32)23-15(3)28(21-11-10-19(33-5)13-20(21)23)25(30)17-6-8-18(27)9-7-17/h6-13,16,24H,1-5H3,(H,31,32). The number of carbonyl (C=O) groups excluding carboxylic acids is 2. The third-order valence-corrected chi connectivity index (χ3v) is 5.76. The number of benzene rings is 2. The van der Waals surface area contributed by atoms with Crippen molar-refractivity contribution in [3.63, 3.8) is 0 Å². The van der Waals surface area contributed by atoms with Crippen molar-refractivity contribution in [2.45, 2.75) is 39.7 Å². The number of carbonyl (C=O) groups is 3. The zero-order valence-corrected chi connectivity index (χ0v) is 20.3. The Morgan fingerprint density at radius 1 is 1.09 bits per heavy atom. The van der Waals surface area contributed by atoms with E-state index in [2.05, 4.69) is 0 Å². The first-order valence-electron chi connectivity index (χ1n) is 10.6. The van der Waals surface area contributed by atoms with Crippen molar-refractivity contribution in [1.29, 1.82) is 0 Å². The van der Waals surface area contributed by atoms with Crippen LogP contribution in [0.3, 0.4) is 0 Å². The Morgan fingerprint density at radius 3 is 2.29 bits per heavy atom. The minimum Gasteiger partial charge on any atom is -0.497 e. The Kier molecular flexibility index (Phi) is 7.47. The molecule has 0 fully saturated rings. The van der Waals surface area contributed by atoms with Gasteiger partial charge in [-0.15, -0.1) is 0 Å². The summed E-state index contributed by atoms with van der Waals surface area (Å²) in [5.41, 5.74) is 2.45. The van der Waals surface area contributed by atoms with Crippen molar-refractivity contribution in [2.75, 3.05) is 7.11 Å². The van der Waals surface area contributed by atoms with E-state index < -0.39 is 24.0 Å². The highest BCUT2D eigenvalue weighted by Gasteiger charge is 2.35. The molecule has 34 heavy (non-hydrogen) atoms. The Balaban J connectivity index is 2.22. The molecule has 8 heteroatoms. The first-order chi connectivity index (χ1) is 16.0. The van der Waals surface area contributed by atoms with Crippen LogP contribution in [0.5, 0.6) is 5.75 Å². The van der Waals surface area contributed by atoms with E-state index in [0.29, 0.717) is 38.5 Å². The summed E-state index contributed by atoms with van der Waals surface area (Å²) in [5, 5.41) is 11.2. The molecule has 0 radical (unpaired) electrons. The molecule has 0 saturated carbocycles. The number of methoxy groups -OCH3 is 1. The van der Waals surface area contributed by atoms with Gasteiger partial charge in [0, 0.05) is 27.7 Å². The monoisotopic (exact) mass is 483 g/mol. The molecule has 1 heterocycles. The highest BCUT2D eigenvalue weighted by Crippen LogP contribution is 2.37. The predicted octanol–water partition coefficient (Wildman–Crippen LogP) is 5.37. The van der Waals surface area contributed by atoms with Crippen LogP contribution >= 0.6 is 11.6 Å². The average Bonchev–Trinajstić information content (AvgIpc) is 3.04. The van der Waals surface area contributed by atoms with Gasteiger partial charge in [0.1, 0.15) is 17.8 Å². The van der Waals surface area contributed by atoms with Crippen LogP contribution in [0.2, 0.25) is 5.02 Å². The van der Waals surface area contributed by atoms with Gasteiger partial charge in [-0.2, -0.15) is 0 Å². The Labute approximate surface area is 202 Å². The Bertz CT molecular complexity index is 1280. The largest absolute Gasteiger partial charge is 0.497 e. The number of hydrogen-bond donors (Lipinski definition) is 1. The number of hydrogen-bond acceptors (Lipinski definition) is 5. The molecular weight excluding hydrogens is 458 g/mol. The fourth-order valence-electron chi connectivity index (χ4n) is 4.00. The maximum Gasteiger partial charge on any atom is 0.330 e. The van der Waals surface area contributed by atoms with Crippen LogP contribution < -0.4 is 4.74 Å². The summed E-state index contributed by atoms with van der Waals surface area (Å²) >= 11 is 5.97. The molecule has 7 nitrogen and oxygen atoms in total. The molecule has 3 rings (SSSR count). The molecule has 2 aromatic carbocycles. The van der Waals surface area contributed by atoms with E-state index in [1.54, 1.807) is 63.2 Å². The van der Waals surface area contributed by atoms with Gasteiger partial charge in [0.15, 0.2) is 0 Å². The molecule has 3 aromatic rings. The van der Waals surface area contributed by atoms with Gasteiger partial charge < -0.3 is 14.6 Å². The summed E-state index contributed by atoms with van der Waals surface area (Å²) in [7, 11) is 1.50. The van der Waals surface area contributed by atoms with Gasteiger partial charge in [0.25, 0.3) is 5.91 Å². The molecule has 0 bridgehead atoms. The van der Waals surface area contributed by atoms with Crippen LogP contribution in [0, 0.1) is 6.92 Å². The van der Waals surface area contributed by atoms with Gasteiger partial charge in [-0.3, -0.25) is 14.2 Å². The number of aromatic nitrogens is 1. The summed E-state index contributed by atoms with van der Waals surface area (Å²) in [5.74, 6) is -2.86. The molecule has 0 aliphatic heterocycles. The number of nitrogens with zero attached hydrogens (tertiary/aromatic N) is 1. The lowest BCUT2D eigenvalue weighted by molar-refractivity contribution is -0.149. The zero-order chi connectivity index (χ0) is 25.2. The maximum absolute atomic E-state index is 13.5. The Hall–Kier alpha value is -3.58. The topological polar surface area (TPSA) is 94.8 Å². The molecule has 0 saturated heterocycles. The van der Waals surface area contributed by atoms with Gasteiger partial charge in [-0.1, -0.05) is 17.2 Å². The number of carboxylic acids is 1. The highest BCUT2D eigenvalue weighted by atomic mass is 35.5. The van der Waals surface area contributed by atoms with Crippen LogP contribution in [0.15, 0.2) is 54.1 Å². The fourth-order valence-corrected chi connectivity index (χ4v) is 4.13. The second-order valence-electron chi connectivity index (χ2n) is 8.21. The molecular formula is C26H26ClNO6. The molecule has 1 N–H and O–H groups in total. The fraction of sp³-hybridized carbons (Fsp3) is 0.269. The summed E-state index contributed by atoms with van der Waals surface area (Å²) in [4.78, 5) is 38.1. The smallest absolute Gasteiger partial charge is 0.330 e. The Morgan fingerprint density at radius 2 is 1.74 bits per heavy atom. The van der Waals surface area contributed by atoms with Crippen LogP contribution in [0.25, 0.3) is 10.9 Å². The number of halogens is 1. The number of ether oxygens (including phenoxy) is 2. The summed E-state index contributed by atoms with van der Waals surface area (Å²) in [6.45, 7) is 6.69. The number of allylic oxidation sites excluding steroid dienone is 1. The molecule has 0 aliphatic rings. The van der Waals surface area contributed by atoms with Crippen molar-refractivity contribution >= 4 is 40.3 Å². The molecule has 0 amide bonds. The normalized spacial score (nSPS) is 12.6. The third kappa shape index (κ3) is 4.99. The zero-order valence-electron chi connectivity index (χ0n) is 19.6. The van der Waals surface area contributed by atoms with Crippen LogP contribution in [0.4, 0.5) is 0 Å². The van der Waals surface area contributed by atoms with E-state index in [1.807, 2.05) is 0 Å². The minimum absolute atomic E-state index is 0.339. The lowest BCUT2D eigenvalue weighted by atomic mass is 9.91. The summed E-state index contributed by atoms with van der Waals surface area (Å²) < 4.78 is 12.2. The van der Waals surface area contributed by atoms with Crippen LogP contribution in [-0.2, 0) is 14.3 Å². The quantitative estimate of drug-likeness (QED) is 0.359. The molecule has 178 valence electrons. The number of esters is 1. The van der Waals surface area contributed by atoms with Crippen molar-refractivity contribution < 1.29 is 29.0 Å². The minimum atomic E-state index is -1.22. The summed E-state index contributed by atoms with van der Waals surface area (Å²) in [6, 6.07) is 11.5. The van der Waals surface area contributed by atoms with Crippen LogP contribution in [-0.4, -0.2) is 40.7 Å². The second kappa shape index (κ2) is 10.1. The summed E-state index contributed by atoms with van der Waals surface area (Å²) in [6.07, 6.45) is 0.300. The molecule has 1 aromatic heterocycles. The SMILES string of the molecule is COc1ccc2c(c1)c(C(C(=O)O)C(C)OC(=O)C=C(C)C)c(C)n2C(=O)c1ccc(Cl)cc1. The van der Waals surface area contributed by atoms with Crippen molar-refractivity contribution in [2.24, 2.45) is 0 Å². The molecule has 2 unspecified atom stereocenters. The van der Waals surface area contributed by atoms with Gasteiger partial charge in [-0.05, 0) is 75.7 Å². The van der Waals surface area contributed by atoms with Crippen molar-refractivity contribution in [1.82, 2.24) is 4.57 Å². The predicted molar refractivity (Wildman–Crippen MR) is 130 cm³/mol. The van der Waals surface area contributed by atoms with E-state index in [1.165, 1.54) is 24.7 Å². The molecule has 2 atom stereocenters. The lowest BCUT2D eigenvalue weighted by Gasteiger charge is -2.21. The van der Waals surface area contributed by atoms with Crippen LogP contribution in [0.1, 0.15) is 48.3 Å². The number of rotatable bonds is 7. The van der Waals surface area contributed by atoms with Crippen molar-refractivity contribution in [3.8, 4) is 5.75 Å². The number of fused-ring (bicyclic) bond motifs is 1. The third-order valence-electron chi connectivity index (χ3n) is 5.51. The van der Waals surface area contributed by atoms with E-state index in [4.69, 9.17) is 21.1 Å². The first-order valence-corrected chi connectivity index (χ1v) is 11.0.